The standard InChI is InChI=1S/C18H26N2O2/c1-14(2)20(13-15-8-4-3-5-9-15)18(22)12-17(21)19-16-10-6-7-11-16/h3-5,8-9,14,16H,6-7,10-13H2,1-2H3,(H,19,21). The van der Waals surface area contributed by atoms with Crippen LogP contribution in [0.5, 0.6) is 0 Å². The Labute approximate surface area is 132 Å². The first-order valence-electron chi connectivity index (χ1n) is 8.19. The molecule has 0 aromatic heterocycles. The van der Waals surface area contributed by atoms with Crippen LogP contribution >= 0.6 is 0 Å². The van der Waals surface area contributed by atoms with E-state index >= 15 is 0 Å². The summed E-state index contributed by atoms with van der Waals surface area (Å²) in [7, 11) is 0. The maximum Gasteiger partial charge on any atom is 0.232 e. The average molecular weight is 302 g/mol. The summed E-state index contributed by atoms with van der Waals surface area (Å²) < 4.78 is 0. The molecule has 0 radical (unpaired) electrons. The molecular weight excluding hydrogens is 276 g/mol. The minimum atomic E-state index is -0.143. The molecule has 0 unspecified atom stereocenters. The molecule has 120 valence electrons. The smallest absolute Gasteiger partial charge is 0.232 e. The Morgan fingerprint density at radius 3 is 2.41 bits per heavy atom. The number of nitrogens with one attached hydrogen (secondary N) is 1. The summed E-state index contributed by atoms with van der Waals surface area (Å²) in [5, 5.41) is 2.98. The van der Waals surface area contributed by atoms with Crippen LogP contribution in [0.4, 0.5) is 0 Å². The van der Waals surface area contributed by atoms with Gasteiger partial charge in [-0.3, -0.25) is 9.59 Å². The fraction of sp³-hybridized carbons (Fsp3) is 0.556. The molecule has 0 bridgehead atoms. The van der Waals surface area contributed by atoms with E-state index in [9.17, 15) is 9.59 Å². The Kier molecular flexibility index (Phi) is 5.99. The molecule has 1 N–H and O–H groups in total. The number of carbonyl (C=O) groups is 2. The predicted octanol–water partition coefficient (Wildman–Crippen LogP) is 2.87. The van der Waals surface area contributed by atoms with Crippen LogP contribution in [0.2, 0.25) is 0 Å². The van der Waals surface area contributed by atoms with Gasteiger partial charge in [0.05, 0.1) is 0 Å². The topological polar surface area (TPSA) is 49.4 Å². The van der Waals surface area contributed by atoms with Crippen molar-refractivity contribution in [1.29, 1.82) is 0 Å². The normalized spacial score (nSPS) is 15.0. The SMILES string of the molecule is CC(C)N(Cc1ccccc1)C(=O)CC(=O)NC1CCCC1. The molecule has 1 aliphatic carbocycles. The Morgan fingerprint density at radius 1 is 1.18 bits per heavy atom. The molecule has 1 saturated carbocycles. The van der Waals surface area contributed by atoms with Crippen LogP contribution in [-0.2, 0) is 16.1 Å². The predicted molar refractivity (Wildman–Crippen MR) is 87.1 cm³/mol. The van der Waals surface area contributed by atoms with E-state index in [1.165, 1.54) is 12.8 Å². The molecule has 0 aliphatic heterocycles. The largest absolute Gasteiger partial charge is 0.353 e. The van der Waals surface area contributed by atoms with Crippen molar-refractivity contribution in [1.82, 2.24) is 10.2 Å². The van der Waals surface area contributed by atoms with E-state index in [0.29, 0.717) is 6.54 Å². The van der Waals surface area contributed by atoms with E-state index < -0.39 is 0 Å². The molecule has 1 fully saturated rings. The van der Waals surface area contributed by atoms with Gasteiger partial charge in [-0.1, -0.05) is 43.2 Å². The summed E-state index contributed by atoms with van der Waals surface area (Å²) in [5.41, 5.74) is 1.08. The van der Waals surface area contributed by atoms with Gasteiger partial charge in [0, 0.05) is 18.6 Å². The molecule has 0 heterocycles. The fourth-order valence-corrected chi connectivity index (χ4v) is 2.93. The van der Waals surface area contributed by atoms with E-state index in [0.717, 1.165) is 18.4 Å². The lowest BCUT2D eigenvalue weighted by atomic mass is 10.1. The molecular formula is C18H26N2O2. The first kappa shape index (κ1) is 16.5. The van der Waals surface area contributed by atoms with E-state index in [4.69, 9.17) is 0 Å². The molecule has 4 heteroatoms. The lowest BCUT2D eigenvalue weighted by molar-refractivity contribution is -0.138. The van der Waals surface area contributed by atoms with E-state index in [2.05, 4.69) is 5.32 Å². The number of hydrogen-bond donors (Lipinski definition) is 1. The zero-order chi connectivity index (χ0) is 15.9. The number of rotatable bonds is 6. The molecule has 0 spiro atoms. The molecule has 1 aromatic rings. The highest BCUT2D eigenvalue weighted by atomic mass is 16.2. The van der Waals surface area contributed by atoms with E-state index in [1.807, 2.05) is 44.2 Å². The second-order valence-corrected chi connectivity index (χ2v) is 6.33. The third kappa shape index (κ3) is 4.86. The van der Waals surface area contributed by atoms with Crippen molar-refractivity contribution in [2.75, 3.05) is 0 Å². The lowest BCUT2D eigenvalue weighted by Gasteiger charge is -2.27. The van der Waals surface area contributed by atoms with Crippen molar-refractivity contribution in [3.05, 3.63) is 35.9 Å². The Bertz CT molecular complexity index is 493. The third-order valence-corrected chi connectivity index (χ3v) is 4.17. The Hall–Kier alpha value is -1.84. The number of benzene rings is 1. The second kappa shape index (κ2) is 7.97. The third-order valence-electron chi connectivity index (χ3n) is 4.17. The lowest BCUT2D eigenvalue weighted by Crippen LogP contribution is -2.41. The molecule has 2 rings (SSSR count). The quantitative estimate of drug-likeness (QED) is 0.821. The first-order chi connectivity index (χ1) is 10.6. The first-order valence-corrected chi connectivity index (χ1v) is 8.19. The van der Waals surface area contributed by atoms with Crippen molar-refractivity contribution < 1.29 is 9.59 Å². The van der Waals surface area contributed by atoms with Crippen LogP contribution in [0, 0.1) is 0 Å². The number of amides is 2. The Balaban J connectivity index is 1.90. The van der Waals surface area contributed by atoms with E-state index in [1.54, 1.807) is 4.90 Å². The van der Waals surface area contributed by atoms with Crippen molar-refractivity contribution in [3.8, 4) is 0 Å². The van der Waals surface area contributed by atoms with Gasteiger partial charge in [-0.15, -0.1) is 0 Å². The van der Waals surface area contributed by atoms with Crippen LogP contribution in [0.25, 0.3) is 0 Å². The van der Waals surface area contributed by atoms with Gasteiger partial charge in [0.15, 0.2) is 0 Å². The minimum absolute atomic E-state index is 0.0541. The van der Waals surface area contributed by atoms with Crippen LogP contribution in [0.15, 0.2) is 30.3 Å². The van der Waals surface area contributed by atoms with Gasteiger partial charge in [0.2, 0.25) is 11.8 Å². The van der Waals surface area contributed by atoms with Crippen molar-refractivity contribution in [2.45, 2.75) is 64.6 Å². The zero-order valence-electron chi connectivity index (χ0n) is 13.5. The highest BCUT2D eigenvalue weighted by Gasteiger charge is 2.22. The van der Waals surface area contributed by atoms with Gasteiger partial charge < -0.3 is 10.2 Å². The maximum absolute atomic E-state index is 12.4. The highest BCUT2D eigenvalue weighted by molar-refractivity contribution is 5.97. The molecule has 22 heavy (non-hydrogen) atoms. The van der Waals surface area contributed by atoms with Gasteiger partial charge in [0.1, 0.15) is 6.42 Å². The second-order valence-electron chi connectivity index (χ2n) is 6.33. The van der Waals surface area contributed by atoms with Gasteiger partial charge in [0.25, 0.3) is 0 Å². The summed E-state index contributed by atoms with van der Waals surface area (Å²) in [6.07, 6.45) is 4.37. The summed E-state index contributed by atoms with van der Waals surface area (Å²) in [4.78, 5) is 26.2. The average Bonchev–Trinajstić information content (AvgIpc) is 2.98. The molecule has 1 aromatic carbocycles. The minimum Gasteiger partial charge on any atom is -0.353 e. The Morgan fingerprint density at radius 2 is 1.82 bits per heavy atom. The highest BCUT2D eigenvalue weighted by Crippen LogP contribution is 2.18. The van der Waals surface area contributed by atoms with Gasteiger partial charge >= 0.3 is 0 Å². The van der Waals surface area contributed by atoms with Crippen molar-refractivity contribution in [3.63, 3.8) is 0 Å². The molecule has 0 atom stereocenters. The summed E-state index contributed by atoms with van der Waals surface area (Å²) in [6.45, 7) is 4.51. The summed E-state index contributed by atoms with van der Waals surface area (Å²) in [5.74, 6) is -0.245. The van der Waals surface area contributed by atoms with Crippen LogP contribution in [0.3, 0.4) is 0 Å². The molecule has 2 amide bonds. The number of hydrogen-bond acceptors (Lipinski definition) is 2. The van der Waals surface area contributed by atoms with Crippen molar-refractivity contribution in [2.24, 2.45) is 0 Å². The molecule has 0 saturated heterocycles. The summed E-state index contributed by atoms with van der Waals surface area (Å²) >= 11 is 0. The maximum atomic E-state index is 12.4. The van der Waals surface area contributed by atoms with Crippen molar-refractivity contribution >= 4 is 11.8 Å². The van der Waals surface area contributed by atoms with Gasteiger partial charge in [-0.05, 0) is 32.3 Å². The summed E-state index contributed by atoms with van der Waals surface area (Å²) in [6, 6.07) is 10.2. The number of carbonyl (C=O) groups excluding carboxylic acids is 2. The molecule has 1 aliphatic rings. The van der Waals surface area contributed by atoms with Crippen LogP contribution in [-0.4, -0.2) is 28.8 Å². The van der Waals surface area contributed by atoms with E-state index in [-0.39, 0.29) is 30.3 Å². The van der Waals surface area contributed by atoms with Crippen LogP contribution in [0.1, 0.15) is 51.5 Å². The van der Waals surface area contributed by atoms with Gasteiger partial charge in [-0.2, -0.15) is 0 Å². The van der Waals surface area contributed by atoms with Gasteiger partial charge in [-0.25, -0.2) is 0 Å². The monoisotopic (exact) mass is 302 g/mol. The van der Waals surface area contributed by atoms with Crippen LogP contribution < -0.4 is 5.32 Å². The number of nitrogens with zero attached hydrogens (tertiary/aromatic N) is 1. The molecule has 4 nitrogen and oxygen atoms in total. The fourth-order valence-electron chi connectivity index (χ4n) is 2.93. The zero-order valence-corrected chi connectivity index (χ0v) is 13.5.